The highest BCUT2D eigenvalue weighted by atomic mass is 31.2. The molecule has 302 valence electrons. The second kappa shape index (κ2) is 17.4. The molecule has 0 aliphatic rings. The summed E-state index contributed by atoms with van der Waals surface area (Å²) in [5.41, 5.74) is 7.78. The summed E-state index contributed by atoms with van der Waals surface area (Å²) in [5, 5.41) is 3.41. The number of pyridine rings is 4. The number of hydrogen-bond acceptors (Lipinski definition) is 15. The summed E-state index contributed by atoms with van der Waals surface area (Å²) in [6.07, 6.45) is 0. The molecule has 19 heteroatoms. The van der Waals surface area contributed by atoms with Crippen molar-refractivity contribution in [3.63, 3.8) is 0 Å². The second-order valence-corrected chi connectivity index (χ2v) is 15.1. The monoisotopic (exact) mass is 873 g/mol. The van der Waals surface area contributed by atoms with Crippen LogP contribution in [-0.2, 0) is 18.6 Å². The van der Waals surface area contributed by atoms with Crippen molar-refractivity contribution in [3.05, 3.63) is 140 Å². The van der Waals surface area contributed by atoms with E-state index in [2.05, 4.69) is 9.35 Å². The fourth-order valence-electron chi connectivity index (χ4n) is 6.71. The number of fused-ring (bicyclic) bond motifs is 6. The Kier molecular flexibility index (Phi) is 11.5. The normalized spacial score (nSPS) is 11.9. The van der Waals surface area contributed by atoms with Crippen LogP contribution in [-0.4, -0.2) is 44.4 Å². The lowest BCUT2D eigenvalue weighted by molar-refractivity contribution is -0.109. The summed E-state index contributed by atoms with van der Waals surface area (Å²) < 4.78 is 24.4. The van der Waals surface area contributed by atoms with Gasteiger partial charge in [0.2, 0.25) is 0 Å². The maximum absolute atomic E-state index is 10.9. The minimum atomic E-state index is -2.92. The summed E-state index contributed by atoms with van der Waals surface area (Å²) in [6, 6.07) is 41.8. The van der Waals surface area contributed by atoms with Crippen LogP contribution in [0.4, 0.5) is 0 Å². The van der Waals surface area contributed by atoms with E-state index in [1.165, 1.54) is 0 Å². The zero-order valence-corrected chi connectivity index (χ0v) is 33.7. The molecule has 0 fully saturated rings. The molecular formula is C42H28N4O12P3+. The van der Waals surface area contributed by atoms with E-state index in [-0.39, 0.29) is 17.2 Å². The molecule has 16 nitrogen and oxygen atoms in total. The number of rotatable bonds is 13. The third-order valence-electron chi connectivity index (χ3n) is 9.44. The summed E-state index contributed by atoms with van der Waals surface area (Å²) in [4.78, 5) is 81.2. The van der Waals surface area contributed by atoms with Gasteiger partial charge in [0, 0.05) is 48.4 Å². The highest BCUT2D eigenvalue weighted by Gasteiger charge is 2.17. The Hall–Kier alpha value is -6.22. The van der Waals surface area contributed by atoms with E-state index >= 15 is 0 Å². The van der Waals surface area contributed by atoms with Crippen LogP contribution in [0.1, 0.15) is 0 Å². The highest BCUT2D eigenvalue weighted by molar-refractivity contribution is 7.39. The molecule has 9 rings (SSSR count). The minimum Gasteiger partial charge on any atom is -0.329 e. The van der Waals surface area contributed by atoms with Crippen molar-refractivity contribution < 1.29 is 57.7 Å². The van der Waals surface area contributed by atoms with Crippen LogP contribution in [0.15, 0.2) is 140 Å². The predicted octanol–water partition coefficient (Wildman–Crippen LogP) is 9.55. The summed E-state index contributed by atoms with van der Waals surface area (Å²) in [6.45, 7) is 0. The van der Waals surface area contributed by atoms with E-state index in [9.17, 15) is 14.4 Å². The lowest BCUT2D eigenvalue weighted by Gasteiger charge is -2.12. The Morgan fingerprint density at radius 1 is 0.393 bits per heavy atom. The van der Waals surface area contributed by atoms with Crippen molar-refractivity contribution in [3.8, 4) is 62.3 Å². The van der Waals surface area contributed by atoms with Gasteiger partial charge in [-0.25, -0.2) is 19.9 Å². The van der Waals surface area contributed by atoms with Crippen molar-refractivity contribution in [1.82, 2.24) is 19.9 Å². The Morgan fingerprint density at radius 3 is 1.08 bits per heavy atom. The highest BCUT2D eigenvalue weighted by Crippen LogP contribution is 2.37. The van der Waals surface area contributed by atoms with E-state index in [1.54, 1.807) is 60.7 Å². The first-order valence-electron chi connectivity index (χ1n) is 18.0. The van der Waals surface area contributed by atoms with Crippen LogP contribution in [0.5, 0.6) is 17.2 Å². The fraction of sp³-hybridized carbons (Fsp3) is 0. The smallest absolute Gasteiger partial charge is 0.329 e. The molecule has 0 radical (unpaired) electrons. The van der Waals surface area contributed by atoms with Gasteiger partial charge in [-0.05, 0) is 91.0 Å². The molecule has 61 heavy (non-hydrogen) atoms. The summed E-state index contributed by atoms with van der Waals surface area (Å²) in [5.74, 6) is 0.691. The molecule has 4 aromatic heterocycles. The summed E-state index contributed by atoms with van der Waals surface area (Å²) in [7, 11) is -8.43. The Labute approximate surface area is 347 Å². The van der Waals surface area contributed by atoms with Gasteiger partial charge in [-0.2, -0.15) is 0 Å². The zero-order valence-electron chi connectivity index (χ0n) is 31.0. The molecule has 0 saturated carbocycles. The molecule has 0 aliphatic carbocycles. The van der Waals surface area contributed by atoms with Gasteiger partial charge in [-0.15, -0.1) is 14.2 Å². The zero-order chi connectivity index (χ0) is 42.0. The molecule has 0 saturated heterocycles. The molecule has 1 atom stereocenters. The molecule has 5 aromatic carbocycles. The van der Waals surface area contributed by atoms with Crippen LogP contribution in [0.2, 0.25) is 0 Å². The predicted molar refractivity (Wildman–Crippen MR) is 227 cm³/mol. The van der Waals surface area contributed by atoms with E-state index in [0.717, 1.165) is 32.7 Å². The minimum absolute atomic E-state index is 0.166. The number of benzene rings is 5. The van der Waals surface area contributed by atoms with Crippen molar-refractivity contribution in [2.24, 2.45) is 0 Å². The third-order valence-corrected chi connectivity index (χ3v) is 10.1. The number of hydrogen-bond donors (Lipinski definition) is 5. The van der Waals surface area contributed by atoms with E-state index in [1.807, 2.05) is 78.9 Å². The quantitative estimate of drug-likeness (QED) is 0.0315. The Morgan fingerprint density at radius 2 is 0.721 bits per heavy atom. The third kappa shape index (κ3) is 8.97. The van der Waals surface area contributed by atoms with Gasteiger partial charge in [0.25, 0.3) is 0 Å². The second-order valence-electron chi connectivity index (χ2n) is 13.2. The molecule has 0 spiro atoms. The van der Waals surface area contributed by atoms with Gasteiger partial charge in [-0.1, -0.05) is 48.5 Å². The standard InChI is InChI=1S/C42H27N4O12P3/c47-59(48)56-53-32-13-5-24(6-14-32)35-17-9-26-1-3-28-11-19-37(45-41(28)39(26)43-35)30-21-31(23-34(22-30)55-58-61(51)52)38-20-12-29-4-2-27-10-18-36(44-40(27)42(29)46-38)25-7-15-33(16-8-25)54-57-60(49)50/h1-23,47-48,51-52H/p+1. The van der Waals surface area contributed by atoms with Gasteiger partial charge < -0.3 is 29.3 Å². The molecule has 4 heterocycles. The van der Waals surface area contributed by atoms with Crippen LogP contribution in [0.3, 0.4) is 0 Å². The van der Waals surface area contributed by atoms with Crippen molar-refractivity contribution in [1.29, 1.82) is 0 Å². The van der Waals surface area contributed by atoms with E-state index in [0.29, 0.717) is 56.0 Å². The molecule has 0 amide bonds. The first-order valence-corrected chi connectivity index (χ1v) is 21.4. The first kappa shape index (κ1) is 40.2. The lowest BCUT2D eigenvalue weighted by Crippen LogP contribution is -1.96. The maximum atomic E-state index is 10.9. The van der Waals surface area contributed by atoms with Gasteiger partial charge in [0.05, 0.1) is 44.8 Å². The SMILES string of the molecule is O=[P+](O)OOc1ccc(-c2ccc3ccc4ccc(-c5cc(OOP(O)O)cc(-c6ccc7ccc8ccc(-c9ccc(OOP(O)O)cc9)nc8c7n6)c5)nc4c3n2)cc1. The topological polar surface area (TPSA) is 225 Å². The van der Waals surface area contributed by atoms with Crippen molar-refractivity contribution >= 4 is 69.1 Å². The van der Waals surface area contributed by atoms with Crippen LogP contribution in [0, 0.1) is 0 Å². The Bertz CT molecular complexity index is 3110. The lowest BCUT2D eigenvalue weighted by atomic mass is 10.0. The number of nitrogens with zero attached hydrogens (tertiary/aromatic N) is 4. The van der Waals surface area contributed by atoms with Crippen molar-refractivity contribution in [2.45, 2.75) is 0 Å². The summed E-state index contributed by atoms with van der Waals surface area (Å²) >= 11 is 0. The molecule has 0 aliphatic heterocycles. The molecule has 5 N–H and O–H groups in total. The first-order chi connectivity index (χ1) is 29.6. The largest absolute Gasteiger partial charge is 0.735 e. The average molecular weight is 874 g/mol. The van der Waals surface area contributed by atoms with E-state index < -0.39 is 25.5 Å². The molecule has 9 aromatic rings. The molecular weight excluding hydrogens is 845 g/mol. The van der Waals surface area contributed by atoms with Gasteiger partial charge >= 0.3 is 25.5 Å². The Balaban J connectivity index is 1.10. The van der Waals surface area contributed by atoms with E-state index in [4.69, 9.17) is 54.0 Å². The van der Waals surface area contributed by atoms with Crippen LogP contribution < -0.4 is 14.7 Å². The van der Waals surface area contributed by atoms with Crippen LogP contribution >= 0.6 is 25.5 Å². The van der Waals surface area contributed by atoms with Gasteiger partial charge in [0.15, 0.2) is 17.2 Å². The molecule has 1 unspecified atom stereocenters. The van der Waals surface area contributed by atoms with Gasteiger partial charge in [-0.3, -0.25) is 4.89 Å². The fourth-order valence-corrected chi connectivity index (χ4v) is 7.17. The van der Waals surface area contributed by atoms with Crippen molar-refractivity contribution in [2.75, 3.05) is 0 Å². The maximum Gasteiger partial charge on any atom is 0.735 e. The number of aromatic nitrogens is 4. The van der Waals surface area contributed by atoms with Crippen LogP contribution in [0.25, 0.3) is 88.6 Å². The average Bonchev–Trinajstić information content (AvgIpc) is 3.29. The van der Waals surface area contributed by atoms with Gasteiger partial charge in [0.1, 0.15) is 4.67 Å². The molecule has 0 bridgehead atoms.